The first-order valence-corrected chi connectivity index (χ1v) is 3.63. The number of hydrogen-bond acceptors (Lipinski definition) is 2. The van der Waals surface area contributed by atoms with Crippen LogP contribution in [0.15, 0.2) is 28.7 Å². The maximum atomic E-state index is 9.97. The van der Waals surface area contributed by atoms with E-state index in [2.05, 4.69) is 20.7 Å². The molecule has 0 unspecified atom stereocenters. The van der Waals surface area contributed by atoms with Crippen molar-refractivity contribution in [1.29, 1.82) is 0 Å². The van der Waals surface area contributed by atoms with E-state index in [1.54, 1.807) is 18.2 Å². The van der Waals surface area contributed by atoms with Crippen molar-refractivity contribution in [2.24, 2.45) is 0 Å². The van der Waals surface area contributed by atoms with E-state index < -0.39 is 6.16 Å². The molecule has 11 heavy (non-hydrogen) atoms. The van der Waals surface area contributed by atoms with Gasteiger partial charge in [0.1, 0.15) is 5.75 Å². The second kappa shape index (κ2) is 3.39. The van der Waals surface area contributed by atoms with Crippen LogP contribution in [0.3, 0.4) is 0 Å². The lowest BCUT2D eigenvalue weighted by atomic mass is 10.3. The molecule has 0 aliphatic heterocycles. The third kappa shape index (κ3) is 2.23. The Morgan fingerprint density at radius 3 is 2.55 bits per heavy atom. The molecule has 1 radical (unpaired) electrons. The molecule has 0 atom stereocenters. The van der Waals surface area contributed by atoms with Gasteiger partial charge < -0.3 is 4.74 Å². The summed E-state index contributed by atoms with van der Waals surface area (Å²) in [5, 5.41) is 9.97. The molecule has 1 rings (SSSR count). The normalized spacial score (nSPS) is 9.18. The van der Waals surface area contributed by atoms with Gasteiger partial charge in [0.15, 0.2) is 0 Å². The number of hydrogen-bond donors (Lipinski definition) is 0. The predicted octanol–water partition coefficient (Wildman–Crippen LogP) is 2.38. The predicted molar refractivity (Wildman–Crippen MR) is 40.9 cm³/mol. The number of ether oxygens (including phenoxy) is 1. The van der Waals surface area contributed by atoms with Gasteiger partial charge in [0.05, 0.1) is 4.47 Å². The molecule has 3 nitrogen and oxygen atoms in total. The number of halogens is 1. The van der Waals surface area contributed by atoms with E-state index in [1.165, 1.54) is 6.07 Å². The Bertz CT molecular complexity index is 272. The molecule has 4 heteroatoms. The number of para-hydroxylation sites is 1. The van der Waals surface area contributed by atoms with Gasteiger partial charge in [0.25, 0.3) is 0 Å². The van der Waals surface area contributed by atoms with Gasteiger partial charge in [-0.1, -0.05) is 12.1 Å². The van der Waals surface area contributed by atoms with Crippen LogP contribution in [-0.4, -0.2) is 6.16 Å². The van der Waals surface area contributed by atoms with Gasteiger partial charge in [0, 0.05) is 0 Å². The van der Waals surface area contributed by atoms with Crippen LogP contribution in [0.5, 0.6) is 5.75 Å². The van der Waals surface area contributed by atoms with Gasteiger partial charge in [-0.15, -0.1) is 0 Å². The van der Waals surface area contributed by atoms with Crippen LogP contribution in [0.25, 0.3) is 0 Å². The summed E-state index contributed by atoms with van der Waals surface area (Å²) in [5.74, 6) is 0.243. The molecule has 0 saturated heterocycles. The van der Waals surface area contributed by atoms with Crippen LogP contribution >= 0.6 is 15.9 Å². The van der Waals surface area contributed by atoms with Crippen LogP contribution in [0.4, 0.5) is 4.79 Å². The first-order chi connectivity index (χ1) is 5.20. The van der Waals surface area contributed by atoms with E-state index in [-0.39, 0.29) is 5.75 Å². The van der Waals surface area contributed by atoms with Crippen molar-refractivity contribution < 1.29 is 14.6 Å². The highest BCUT2D eigenvalue weighted by atomic mass is 79.9. The van der Waals surface area contributed by atoms with Crippen molar-refractivity contribution in [3.05, 3.63) is 28.7 Å². The molecule has 0 bridgehead atoms. The van der Waals surface area contributed by atoms with E-state index in [0.717, 1.165) is 0 Å². The minimum atomic E-state index is -1.56. The highest BCUT2D eigenvalue weighted by molar-refractivity contribution is 9.10. The summed E-state index contributed by atoms with van der Waals surface area (Å²) >= 11 is 3.11. The van der Waals surface area contributed by atoms with Gasteiger partial charge >= 0.3 is 6.16 Å². The average Bonchev–Trinajstić information content (AvgIpc) is 1.93. The van der Waals surface area contributed by atoms with Crippen molar-refractivity contribution in [2.45, 2.75) is 0 Å². The molecule has 1 aromatic carbocycles. The van der Waals surface area contributed by atoms with Crippen molar-refractivity contribution in [3.63, 3.8) is 0 Å². The quantitative estimate of drug-likeness (QED) is 0.534. The molecule has 0 heterocycles. The highest BCUT2D eigenvalue weighted by Crippen LogP contribution is 2.23. The smallest absolute Gasteiger partial charge is 0.391 e. The van der Waals surface area contributed by atoms with E-state index >= 15 is 0 Å². The van der Waals surface area contributed by atoms with Gasteiger partial charge in [-0.05, 0) is 28.1 Å². The Labute approximate surface area is 71.7 Å². The molecule has 0 aromatic heterocycles. The topological polar surface area (TPSA) is 46.2 Å². The first kappa shape index (κ1) is 8.07. The van der Waals surface area contributed by atoms with Crippen molar-refractivity contribution in [3.8, 4) is 5.75 Å². The van der Waals surface area contributed by atoms with Gasteiger partial charge in [-0.2, -0.15) is 9.90 Å². The molecular weight excluding hydrogens is 212 g/mol. The molecule has 0 saturated carbocycles. The van der Waals surface area contributed by atoms with Crippen LogP contribution in [-0.2, 0) is 5.11 Å². The van der Waals surface area contributed by atoms with Crippen LogP contribution in [0, 0.1) is 0 Å². The Hall–Kier alpha value is -1.03. The maximum absolute atomic E-state index is 9.97. The van der Waals surface area contributed by atoms with Crippen LogP contribution in [0.2, 0.25) is 0 Å². The lowest BCUT2D eigenvalue weighted by Crippen LogP contribution is -2.01. The lowest BCUT2D eigenvalue weighted by Gasteiger charge is -1.98. The zero-order chi connectivity index (χ0) is 8.27. The standard InChI is InChI=1S/C7H4BrO3/c8-5-3-1-2-4-6(5)11-7(9)10/h1-4H. The molecule has 57 valence electrons. The molecule has 0 amide bonds. The fraction of sp³-hybridized carbons (Fsp3) is 0. The minimum absolute atomic E-state index is 0.243. The Balaban J connectivity index is 2.86. The van der Waals surface area contributed by atoms with Crippen molar-refractivity contribution in [2.75, 3.05) is 0 Å². The van der Waals surface area contributed by atoms with E-state index in [1.807, 2.05) is 0 Å². The summed E-state index contributed by atoms with van der Waals surface area (Å²) < 4.78 is 4.89. The summed E-state index contributed by atoms with van der Waals surface area (Å²) in [6.07, 6.45) is -1.56. The van der Waals surface area contributed by atoms with E-state index in [9.17, 15) is 9.90 Å². The summed E-state index contributed by atoms with van der Waals surface area (Å²) in [5.41, 5.74) is 0. The zero-order valence-corrected chi connectivity index (χ0v) is 7.00. The fourth-order valence-corrected chi connectivity index (χ4v) is 0.983. The molecule has 0 aliphatic carbocycles. The largest absolute Gasteiger partial charge is 0.555 e. The van der Waals surface area contributed by atoms with Gasteiger partial charge in [-0.3, -0.25) is 0 Å². The number of rotatable bonds is 1. The average molecular weight is 216 g/mol. The third-order valence-electron chi connectivity index (χ3n) is 1.03. The fourth-order valence-electron chi connectivity index (χ4n) is 0.617. The Kier molecular flexibility index (Phi) is 2.48. The summed E-state index contributed by atoms with van der Waals surface area (Å²) in [6, 6.07) is 6.63. The van der Waals surface area contributed by atoms with E-state index in [0.29, 0.717) is 4.47 Å². The number of carbonyl (C=O) groups excluding carboxylic acids is 1. The monoisotopic (exact) mass is 215 g/mol. The second-order valence-electron chi connectivity index (χ2n) is 1.78. The molecule has 1 aromatic rings. The highest BCUT2D eigenvalue weighted by Gasteiger charge is 2.04. The SMILES string of the molecule is [O]C(=O)Oc1ccccc1Br. The summed E-state index contributed by atoms with van der Waals surface area (Å²) in [6.45, 7) is 0. The molecule has 0 fully saturated rings. The second-order valence-corrected chi connectivity index (χ2v) is 2.64. The van der Waals surface area contributed by atoms with Crippen molar-refractivity contribution >= 4 is 22.1 Å². The molecular formula is C7H4BrO3. The maximum Gasteiger partial charge on any atom is 0.555 e. The Morgan fingerprint density at radius 2 is 2.00 bits per heavy atom. The van der Waals surface area contributed by atoms with Crippen molar-refractivity contribution in [1.82, 2.24) is 0 Å². The molecule has 0 aliphatic rings. The van der Waals surface area contributed by atoms with Crippen LogP contribution in [0.1, 0.15) is 0 Å². The molecule has 0 N–H and O–H groups in total. The van der Waals surface area contributed by atoms with Gasteiger partial charge in [0.2, 0.25) is 0 Å². The third-order valence-corrected chi connectivity index (χ3v) is 1.69. The van der Waals surface area contributed by atoms with Crippen LogP contribution < -0.4 is 4.74 Å². The Morgan fingerprint density at radius 1 is 1.36 bits per heavy atom. The summed E-state index contributed by atoms with van der Waals surface area (Å²) in [7, 11) is 0. The zero-order valence-electron chi connectivity index (χ0n) is 5.41. The van der Waals surface area contributed by atoms with E-state index in [4.69, 9.17) is 0 Å². The number of benzene rings is 1. The summed E-state index contributed by atoms with van der Waals surface area (Å²) in [4.78, 5) is 9.97. The molecule has 0 spiro atoms. The minimum Gasteiger partial charge on any atom is -0.391 e. The lowest BCUT2D eigenvalue weighted by molar-refractivity contribution is 0.117. The number of carbonyl (C=O) groups is 1. The first-order valence-electron chi connectivity index (χ1n) is 2.83. The van der Waals surface area contributed by atoms with Gasteiger partial charge in [-0.25, -0.2) is 0 Å².